The number of hydrogen-bond acceptors (Lipinski definition) is 6. The number of hydrogen-bond donors (Lipinski definition) is 1. The minimum Gasteiger partial charge on any atom is -0.451 e. The molecule has 1 amide bonds. The first-order chi connectivity index (χ1) is 10.6. The average molecular weight is 336 g/mol. The van der Waals surface area contributed by atoms with Gasteiger partial charge in [0, 0.05) is 10.3 Å². The maximum absolute atomic E-state index is 12.0. The number of thiazole rings is 1. The van der Waals surface area contributed by atoms with Crippen molar-refractivity contribution in [3.05, 3.63) is 32.5 Å². The van der Waals surface area contributed by atoms with E-state index in [1.54, 1.807) is 0 Å². The molecule has 0 bridgehead atoms. The highest BCUT2D eigenvalue weighted by molar-refractivity contribution is 7.14. The second-order valence-electron chi connectivity index (χ2n) is 5.18. The van der Waals surface area contributed by atoms with Crippen LogP contribution in [0.15, 0.2) is 11.4 Å². The molecule has 0 atom stereocenters. The molecule has 7 heteroatoms. The van der Waals surface area contributed by atoms with Crippen LogP contribution in [-0.2, 0) is 22.4 Å². The summed E-state index contributed by atoms with van der Waals surface area (Å²) in [7, 11) is 0. The topological polar surface area (TPSA) is 68.3 Å². The van der Waals surface area contributed by atoms with Crippen molar-refractivity contribution in [1.82, 2.24) is 4.98 Å². The Morgan fingerprint density at radius 1 is 1.36 bits per heavy atom. The van der Waals surface area contributed by atoms with Crippen LogP contribution < -0.4 is 5.32 Å². The Morgan fingerprint density at radius 2 is 2.18 bits per heavy atom. The van der Waals surface area contributed by atoms with Gasteiger partial charge in [-0.25, -0.2) is 9.78 Å². The fourth-order valence-corrected chi connectivity index (χ4v) is 4.21. The number of thiophene rings is 1. The predicted molar refractivity (Wildman–Crippen MR) is 86.7 cm³/mol. The van der Waals surface area contributed by atoms with E-state index in [9.17, 15) is 9.59 Å². The molecule has 2 aromatic heterocycles. The summed E-state index contributed by atoms with van der Waals surface area (Å²) >= 11 is 2.83. The van der Waals surface area contributed by atoms with Crippen molar-refractivity contribution in [1.29, 1.82) is 0 Å². The van der Waals surface area contributed by atoms with Crippen LogP contribution in [0.25, 0.3) is 0 Å². The number of amides is 1. The van der Waals surface area contributed by atoms with Gasteiger partial charge in [0.05, 0.1) is 5.69 Å². The highest BCUT2D eigenvalue weighted by Crippen LogP contribution is 2.30. The minimum atomic E-state index is -0.426. The largest absolute Gasteiger partial charge is 0.451 e. The van der Waals surface area contributed by atoms with Crippen LogP contribution in [0.2, 0.25) is 0 Å². The third-order valence-corrected chi connectivity index (χ3v) is 5.49. The molecule has 0 aliphatic heterocycles. The maximum atomic E-state index is 12.0. The number of nitrogens with zero attached hydrogens (tertiary/aromatic N) is 1. The van der Waals surface area contributed by atoms with Crippen molar-refractivity contribution in [3.8, 4) is 0 Å². The van der Waals surface area contributed by atoms with Crippen LogP contribution in [0.3, 0.4) is 0 Å². The quantitative estimate of drug-likeness (QED) is 0.871. The van der Waals surface area contributed by atoms with Gasteiger partial charge >= 0.3 is 5.97 Å². The lowest BCUT2D eigenvalue weighted by molar-refractivity contribution is -0.119. The van der Waals surface area contributed by atoms with Gasteiger partial charge in [-0.05, 0) is 44.2 Å². The first-order valence-electron chi connectivity index (χ1n) is 7.12. The van der Waals surface area contributed by atoms with Gasteiger partial charge in [-0.2, -0.15) is 0 Å². The van der Waals surface area contributed by atoms with Crippen molar-refractivity contribution >= 4 is 39.7 Å². The zero-order valence-electron chi connectivity index (χ0n) is 12.2. The number of anilines is 1. The van der Waals surface area contributed by atoms with Gasteiger partial charge in [0.2, 0.25) is 0 Å². The number of esters is 1. The molecule has 0 fully saturated rings. The van der Waals surface area contributed by atoms with E-state index in [1.165, 1.54) is 46.0 Å². The van der Waals surface area contributed by atoms with Gasteiger partial charge in [0.1, 0.15) is 4.88 Å². The molecular formula is C15H16N2O3S2. The van der Waals surface area contributed by atoms with E-state index >= 15 is 0 Å². The van der Waals surface area contributed by atoms with Crippen LogP contribution in [-0.4, -0.2) is 23.5 Å². The molecule has 0 unspecified atom stereocenters. The van der Waals surface area contributed by atoms with Gasteiger partial charge < -0.3 is 4.74 Å². The third-order valence-electron chi connectivity index (χ3n) is 3.40. The number of carbonyl (C=O) groups excluding carboxylic acids is 2. The molecule has 0 aromatic carbocycles. The maximum Gasteiger partial charge on any atom is 0.348 e. The lowest BCUT2D eigenvalue weighted by Crippen LogP contribution is -2.20. The molecule has 116 valence electrons. The summed E-state index contributed by atoms with van der Waals surface area (Å²) in [5, 5.41) is 4.98. The number of nitrogens with one attached hydrogen (secondary N) is 1. The molecule has 0 saturated carbocycles. The van der Waals surface area contributed by atoms with Gasteiger partial charge in [0.15, 0.2) is 11.7 Å². The molecule has 3 rings (SSSR count). The van der Waals surface area contributed by atoms with E-state index < -0.39 is 5.97 Å². The van der Waals surface area contributed by atoms with E-state index in [0.717, 1.165) is 18.5 Å². The minimum absolute atomic E-state index is 0.292. The number of aromatic nitrogens is 1. The Bertz CT molecular complexity index is 682. The number of ether oxygens (including phenoxy) is 1. The average Bonchev–Trinajstić information content (AvgIpc) is 3.10. The number of aryl methyl sites for hydroxylation is 3. The summed E-state index contributed by atoms with van der Waals surface area (Å²) in [6, 6.07) is 1.91. The summed E-state index contributed by atoms with van der Waals surface area (Å²) in [4.78, 5) is 29.7. The summed E-state index contributed by atoms with van der Waals surface area (Å²) in [5.41, 5.74) is 2.10. The highest BCUT2D eigenvalue weighted by atomic mass is 32.1. The van der Waals surface area contributed by atoms with Crippen LogP contribution in [0.1, 0.15) is 38.6 Å². The fraction of sp³-hybridized carbons (Fsp3) is 0.400. The van der Waals surface area contributed by atoms with E-state index in [0.29, 0.717) is 10.0 Å². The second kappa shape index (κ2) is 6.58. The Labute approximate surface area is 136 Å². The number of carbonyl (C=O) groups is 2. The zero-order valence-corrected chi connectivity index (χ0v) is 13.8. The van der Waals surface area contributed by atoms with Crippen LogP contribution in [0.5, 0.6) is 0 Å². The first kappa shape index (κ1) is 15.2. The lowest BCUT2D eigenvalue weighted by atomic mass is 9.99. The summed E-state index contributed by atoms with van der Waals surface area (Å²) in [6.45, 7) is 1.56. The molecule has 0 saturated heterocycles. The van der Waals surface area contributed by atoms with E-state index in [-0.39, 0.29) is 12.5 Å². The molecule has 2 aromatic rings. The van der Waals surface area contributed by atoms with Gasteiger partial charge in [0.25, 0.3) is 5.91 Å². The van der Waals surface area contributed by atoms with Gasteiger partial charge in [-0.1, -0.05) is 0 Å². The molecule has 0 spiro atoms. The van der Waals surface area contributed by atoms with E-state index in [1.807, 2.05) is 18.4 Å². The SMILES string of the molecule is Cc1csc(NC(=O)COC(=O)c2cc3c(s2)CCCC3)n1. The molecular weight excluding hydrogens is 320 g/mol. The normalized spacial score (nSPS) is 13.5. The third kappa shape index (κ3) is 3.53. The van der Waals surface area contributed by atoms with Crippen LogP contribution in [0, 0.1) is 6.92 Å². The Morgan fingerprint density at radius 3 is 2.91 bits per heavy atom. The molecule has 1 aliphatic rings. The second-order valence-corrected chi connectivity index (χ2v) is 7.18. The molecule has 2 heterocycles. The molecule has 5 nitrogen and oxygen atoms in total. The summed E-state index contributed by atoms with van der Waals surface area (Å²) < 4.78 is 5.08. The van der Waals surface area contributed by atoms with Crippen LogP contribution >= 0.6 is 22.7 Å². The molecule has 22 heavy (non-hydrogen) atoms. The van der Waals surface area contributed by atoms with Crippen molar-refractivity contribution in [2.75, 3.05) is 11.9 Å². The van der Waals surface area contributed by atoms with E-state index in [4.69, 9.17) is 4.74 Å². The highest BCUT2D eigenvalue weighted by Gasteiger charge is 2.19. The monoisotopic (exact) mass is 336 g/mol. The standard InChI is InChI=1S/C15H16N2O3S2/c1-9-8-21-15(16-9)17-13(18)7-20-14(19)12-6-10-4-2-3-5-11(10)22-12/h6,8H,2-5,7H2,1H3,(H,16,17,18). The van der Waals surface area contributed by atoms with Gasteiger partial charge in [-0.15, -0.1) is 22.7 Å². The van der Waals surface area contributed by atoms with Gasteiger partial charge in [-0.3, -0.25) is 10.1 Å². The zero-order chi connectivity index (χ0) is 15.5. The Balaban J connectivity index is 1.53. The summed E-state index contributed by atoms with van der Waals surface area (Å²) in [5.74, 6) is -0.797. The van der Waals surface area contributed by atoms with Crippen LogP contribution in [0.4, 0.5) is 5.13 Å². The number of fused-ring (bicyclic) bond motifs is 1. The van der Waals surface area contributed by atoms with Crippen molar-refractivity contribution in [3.63, 3.8) is 0 Å². The summed E-state index contributed by atoms with van der Waals surface area (Å²) in [6.07, 6.45) is 4.42. The smallest absolute Gasteiger partial charge is 0.348 e. The fourth-order valence-electron chi connectivity index (χ4n) is 2.36. The Hall–Kier alpha value is -1.73. The molecule has 0 radical (unpaired) electrons. The molecule has 1 aliphatic carbocycles. The lowest BCUT2D eigenvalue weighted by Gasteiger charge is -2.08. The number of rotatable bonds is 4. The predicted octanol–water partition coefficient (Wildman–Crippen LogP) is 3.19. The molecule has 1 N–H and O–H groups in total. The van der Waals surface area contributed by atoms with Crippen molar-refractivity contribution in [2.24, 2.45) is 0 Å². The Kier molecular flexibility index (Phi) is 4.54. The van der Waals surface area contributed by atoms with E-state index in [2.05, 4.69) is 10.3 Å². The van der Waals surface area contributed by atoms with Crippen molar-refractivity contribution in [2.45, 2.75) is 32.6 Å². The van der Waals surface area contributed by atoms with Crippen molar-refractivity contribution < 1.29 is 14.3 Å². The first-order valence-corrected chi connectivity index (χ1v) is 8.82.